The van der Waals surface area contributed by atoms with Crippen LogP contribution in [0, 0.1) is 5.92 Å². The summed E-state index contributed by atoms with van der Waals surface area (Å²) >= 11 is 5.98. The van der Waals surface area contributed by atoms with E-state index in [1.54, 1.807) is 0 Å². The van der Waals surface area contributed by atoms with Crippen LogP contribution in [0.5, 0.6) is 0 Å². The quantitative estimate of drug-likeness (QED) is 0.781. The number of piperidine rings is 1. The maximum absolute atomic E-state index is 12.0. The lowest BCUT2D eigenvalue weighted by Gasteiger charge is -2.22. The Kier molecular flexibility index (Phi) is 5.59. The number of amides is 1. The van der Waals surface area contributed by atoms with Gasteiger partial charge >= 0.3 is 5.97 Å². The van der Waals surface area contributed by atoms with Crippen molar-refractivity contribution in [2.75, 3.05) is 18.4 Å². The van der Waals surface area contributed by atoms with Crippen LogP contribution in [0.25, 0.3) is 0 Å². The van der Waals surface area contributed by atoms with Crippen LogP contribution in [-0.2, 0) is 4.79 Å². The molecular weight excluding hydrogens is 292 g/mol. The molecule has 1 atom stereocenters. The van der Waals surface area contributed by atoms with Gasteiger partial charge in [0.1, 0.15) is 0 Å². The molecule has 1 heterocycles. The fourth-order valence-corrected chi connectivity index (χ4v) is 2.64. The number of benzene rings is 1. The maximum atomic E-state index is 12.0. The third-order valence-corrected chi connectivity index (χ3v) is 4.00. The van der Waals surface area contributed by atoms with Crippen LogP contribution < -0.4 is 10.6 Å². The van der Waals surface area contributed by atoms with E-state index in [0.29, 0.717) is 23.0 Å². The SMILES string of the molecule is O=C(CCC1CCCNC1)Nc1cc(C(=O)O)ccc1Cl. The van der Waals surface area contributed by atoms with Crippen molar-refractivity contribution in [3.63, 3.8) is 0 Å². The van der Waals surface area contributed by atoms with Crippen molar-refractivity contribution in [2.24, 2.45) is 5.92 Å². The molecule has 0 aromatic heterocycles. The van der Waals surface area contributed by atoms with E-state index in [9.17, 15) is 9.59 Å². The number of aromatic carboxylic acids is 1. The predicted octanol–water partition coefficient (Wildman–Crippen LogP) is 2.76. The molecule has 0 aliphatic carbocycles. The molecule has 1 amide bonds. The van der Waals surface area contributed by atoms with Gasteiger partial charge in [-0.1, -0.05) is 11.6 Å². The van der Waals surface area contributed by atoms with E-state index in [0.717, 1.165) is 32.4 Å². The van der Waals surface area contributed by atoms with Crippen LogP contribution in [0.1, 0.15) is 36.0 Å². The number of anilines is 1. The summed E-state index contributed by atoms with van der Waals surface area (Å²) in [5.74, 6) is -0.647. The van der Waals surface area contributed by atoms with Gasteiger partial charge in [0.25, 0.3) is 0 Å². The highest BCUT2D eigenvalue weighted by molar-refractivity contribution is 6.33. The molecule has 5 nitrogen and oxygen atoms in total. The number of hydrogen-bond acceptors (Lipinski definition) is 3. The lowest BCUT2D eigenvalue weighted by molar-refractivity contribution is -0.116. The van der Waals surface area contributed by atoms with Gasteiger partial charge in [-0.15, -0.1) is 0 Å². The van der Waals surface area contributed by atoms with Gasteiger partial charge in [-0.3, -0.25) is 4.79 Å². The second kappa shape index (κ2) is 7.43. The van der Waals surface area contributed by atoms with Crippen molar-refractivity contribution in [3.8, 4) is 0 Å². The van der Waals surface area contributed by atoms with Crippen molar-refractivity contribution >= 4 is 29.2 Å². The number of carbonyl (C=O) groups excluding carboxylic acids is 1. The summed E-state index contributed by atoms with van der Waals surface area (Å²) in [7, 11) is 0. The highest BCUT2D eigenvalue weighted by Gasteiger charge is 2.15. The van der Waals surface area contributed by atoms with E-state index < -0.39 is 5.97 Å². The summed E-state index contributed by atoms with van der Waals surface area (Å²) in [5, 5.41) is 15.3. The van der Waals surface area contributed by atoms with Crippen LogP contribution in [0.15, 0.2) is 18.2 Å². The maximum Gasteiger partial charge on any atom is 0.335 e. The number of carbonyl (C=O) groups is 2. The summed E-state index contributed by atoms with van der Waals surface area (Å²) < 4.78 is 0. The molecule has 3 N–H and O–H groups in total. The molecule has 2 rings (SSSR count). The van der Waals surface area contributed by atoms with E-state index in [1.165, 1.54) is 18.2 Å². The van der Waals surface area contributed by atoms with Crippen LogP contribution in [0.4, 0.5) is 5.69 Å². The average Bonchev–Trinajstić information content (AvgIpc) is 2.48. The van der Waals surface area contributed by atoms with Crippen LogP contribution in [-0.4, -0.2) is 30.1 Å². The van der Waals surface area contributed by atoms with Crippen molar-refractivity contribution < 1.29 is 14.7 Å². The van der Waals surface area contributed by atoms with E-state index in [2.05, 4.69) is 10.6 Å². The van der Waals surface area contributed by atoms with Gasteiger partial charge < -0.3 is 15.7 Å². The molecular formula is C15H19ClN2O3. The van der Waals surface area contributed by atoms with Crippen molar-refractivity contribution in [1.82, 2.24) is 5.32 Å². The summed E-state index contributed by atoms with van der Waals surface area (Å²) in [5.41, 5.74) is 0.453. The van der Waals surface area contributed by atoms with E-state index >= 15 is 0 Å². The third kappa shape index (κ3) is 4.72. The van der Waals surface area contributed by atoms with Crippen LogP contribution in [0.2, 0.25) is 5.02 Å². The fraction of sp³-hybridized carbons (Fsp3) is 0.467. The first-order valence-electron chi connectivity index (χ1n) is 7.09. The number of nitrogens with one attached hydrogen (secondary N) is 2. The van der Waals surface area contributed by atoms with Gasteiger partial charge in [0, 0.05) is 6.42 Å². The molecule has 6 heteroatoms. The standard InChI is InChI=1S/C15H19ClN2O3/c16-12-5-4-11(15(20)21)8-13(12)18-14(19)6-3-10-2-1-7-17-9-10/h4-5,8,10,17H,1-3,6-7,9H2,(H,18,19)(H,20,21). The number of rotatable bonds is 5. The first kappa shape index (κ1) is 15.8. The zero-order valence-electron chi connectivity index (χ0n) is 11.7. The molecule has 1 aromatic rings. The Morgan fingerprint density at radius 1 is 1.43 bits per heavy atom. The third-order valence-electron chi connectivity index (χ3n) is 3.67. The molecule has 21 heavy (non-hydrogen) atoms. The van der Waals surface area contributed by atoms with Crippen molar-refractivity contribution in [2.45, 2.75) is 25.7 Å². The van der Waals surface area contributed by atoms with E-state index in [4.69, 9.17) is 16.7 Å². The van der Waals surface area contributed by atoms with Crippen molar-refractivity contribution in [3.05, 3.63) is 28.8 Å². The van der Waals surface area contributed by atoms with Crippen molar-refractivity contribution in [1.29, 1.82) is 0 Å². The molecule has 1 fully saturated rings. The predicted molar refractivity (Wildman–Crippen MR) is 81.9 cm³/mol. The molecule has 1 aromatic carbocycles. The van der Waals surface area contributed by atoms with Gasteiger partial charge in [0.15, 0.2) is 0 Å². The largest absolute Gasteiger partial charge is 0.478 e. The highest BCUT2D eigenvalue weighted by atomic mass is 35.5. The molecule has 1 aliphatic rings. The Labute approximate surface area is 128 Å². The Bertz CT molecular complexity index is 528. The molecule has 1 saturated heterocycles. The fourth-order valence-electron chi connectivity index (χ4n) is 2.47. The molecule has 114 valence electrons. The van der Waals surface area contributed by atoms with Gasteiger partial charge in [-0.2, -0.15) is 0 Å². The highest BCUT2D eigenvalue weighted by Crippen LogP contribution is 2.24. The number of hydrogen-bond donors (Lipinski definition) is 3. The smallest absolute Gasteiger partial charge is 0.335 e. The molecule has 0 saturated carbocycles. The van der Waals surface area contributed by atoms with Crippen LogP contribution >= 0.6 is 11.6 Å². The first-order chi connectivity index (χ1) is 10.1. The lowest BCUT2D eigenvalue weighted by Crippen LogP contribution is -2.30. The first-order valence-corrected chi connectivity index (χ1v) is 7.47. The lowest BCUT2D eigenvalue weighted by atomic mass is 9.94. The Hall–Kier alpha value is -1.59. The van der Waals surface area contributed by atoms with Crippen LogP contribution in [0.3, 0.4) is 0 Å². The minimum absolute atomic E-state index is 0.103. The van der Waals surface area contributed by atoms with E-state index in [-0.39, 0.29) is 11.5 Å². The summed E-state index contributed by atoms with van der Waals surface area (Å²) in [6, 6.07) is 4.27. The molecule has 0 radical (unpaired) electrons. The zero-order chi connectivity index (χ0) is 15.2. The minimum atomic E-state index is -1.05. The molecule has 1 aliphatic heterocycles. The van der Waals surface area contributed by atoms with Gasteiger partial charge in [-0.25, -0.2) is 4.79 Å². The second-order valence-electron chi connectivity index (χ2n) is 5.30. The summed E-state index contributed by atoms with van der Waals surface area (Å²) in [4.78, 5) is 22.9. The minimum Gasteiger partial charge on any atom is -0.478 e. The zero-order valence-corrected chi connectivity index (χ0v) is 12.4. The Morgan fingerprint density at radius 2 is 2.24 bits per heavy atom. The Morgan fingerprint density at radius 3 is 2.90 bits per heavy atom. The molecule has 0 bridgehead atoms. The normalized spacial score (nSPS) is 18.2. The average molecular weight is 311 g/mol. The summed E-state index contributed by atoms with van der Waals surface area (Å²) in [6.45, 7) is 2.02. The number of carboxylic acids is 1. The van der Waals surface area contributed by atoms with Gasteiger partial charge in [0.05, 0.1) is 16.3 Å². The molecule has 1 unspecified atom stereocenters. The van der Waals surface area contributed by atoms with Gasteiger partial charge in [0.2, 0.25) is 5.91 Å². The monoisotopic (exact) mass is 310 g/mol. The van der Waals surface area contributed by atoms with E-state index in [1.807, 2.05) is 0 Å². The summed E-state index contributed by atoms with van der Waals surface area (Å²) in [6.07, 6.45) is 3.54. The second-order valence-corrected chi connectivity index (χ2v) is 5.71. The number of halogens is 1. The van der Waals surface area contributed by atoms with Gasteiger partial charge in [-0.05, 0) is 56.5 Å². The topological polar surface area (TPSA) is 78.4 Å². The number of carboxylic acid groups (broad SMARTS) is 1. The molecule has 0 spiro atoms. The Balaban J connectivity index is 1.89.